The first-order chi connectivity index (χ1) is 8.41. The molecule has 0 unspecified atom stereocenters. The number of aryl methyl sites for hydroxylation is 2. The zero-order valence-corrected chi connectivity index (χ0v) is 14.9. The maximum atomic E-state index is 4.17. The first-order valence-electron chi connectivity index (χ1n) is 6.03. The van der Waals surface area contributed by atoms with Crippen LogP contribution >= 0.6 is 0 Å². The summed E-state index contributed by atoms with van der Waals surface area (Å²) in [6.45, 7) is 16.5. The van der Waals surface area contributed by atoms with Gasteiger partial charge in [0.25, 0.3) is 0 Å². The Morgan fingerprint density at radius 2 is 1.79 bits per heavy atom. The molecule has 0 aromatic heterocycles. The van der Waals surface area contributed by atoms with Crippen molar-refractivity contribution in [2.75, 3.05) is 4.90 Å². The summed E-state index contributed by atoms with van der Waals surface area (Å²) in [6, 6.07) is 7.36. The van der Waals surface area contributed by atoms with E-state index in [-0.39, 0.29) is 21.1 Å². The van der Waals surface area contributed by atoms with Gasteiger partial charge < -0.3 is 10.2 Å². The standard InChI is InChI=1S/C16H19N2.W/c1-10-7-8-16(11(2)9-10)18-14(5)12(3)13(4)17-15(18)6;/h8-9,17H,5-6H2,1-4H3;/q-1;+2. The quantitative estimate of drug-likeness (QED) is 0.692. The van der Waals surface area contributed by atoms with Crippen molar-refractivity contribution in [3.63, 3.8) is 0 Å². The third-order valence-corrected chi connectivity index (χ3v) is 3.38. The van der Waals surface area contributed by atoms with E-state index in [1.807, 2.05) is 24.8 Å². The molecule has 0 amide bonds. The second kappa shape index (κ2) is 5.79. The van der Waals surface area contributed by atoms with Crippen molar-refractivity contribution >= 4 is 5.69 Å². The van der Waals surface area contributed by atoms with Gasteiger partial charge in [0.05, 0.1) is 5.82 Å². The molecule has 0 aliphatic carbocycles. The number of allylic oxidation sites excluding steroid dienone is 2. The van der Waals surface area contributed by atoms with Crippen LogP contribution in [0.2, 0.25) is 0 Å². The number of nitrogens with zero attached hydrogens (tertiary/aromatic N) is 1. The van der Waals surface area contributed by atoms with Gasteiger partial charge >= 0.3 is 21.1 Å². The number of rotatable bonds is 1. The summed E-state index contributed by atoms with van der Waals surface area (Å²) in [5.74, 6) is 0.837. The van der Waals surface area contributed by atoms with Gasteiger partial charge in [-0.2, -0.15) is 23.8 Å². The summed E-state index contributed by atoms with van der Waals surface area (Å²) in [7, 11) is 0. The molecule has 98 valence electrons. The van der Waals surface area contributed by atoms with Crippen LogP contribution < -0.4 is 10.2 Å². The van der Waals surface area contributed by atoms with E-state index in [0.29, 0.717) is 0 Å². The van der Waals surface area contributed by atoms with Crippen LogP contribution in [0.15, 0.2) is 48.1 Å². The molecule has 0 spiro atoms. The predicted octanol–water partition coefficient (Wildman–Crippen LogP) is 3.79. The van der Waals surface area contributed by atoms with Crippen molar-refractivity contribution in [1.82, 2.24) is 5.32 Å². The summed E-state index contributed by atoms with van der Waals surface area (Å²) >= 11 is 0. The number of nitrogens with one attached hydrogen (secondary N) is 1. The minimum absolute atomic E-state index is 0. The Labute approximate surface area is 130 Å². The Hall–Kier alpha value is -1.27. The van der Waals surface area contributed by atoms with Gasteiger partial charge in [-0.05, 0) is 19.4 Å². The molecule has 1 aromatic rings. The number of hydrogen-bond donors (Lipinski definition) is 1. The topological polar surface area (TPSA) is 15.3 Å². The van der Waals surface area contributed by atoms with Gasteiger partial charge in [-0.25, -0.2) is 0 Å². The van der Waals surface area contributed by atoms with Crippen molar-refractivity contribution in [1.29, 1.82) is 0 Å². The molecular formula is C16H19N2W+. The van der Waals surface area contributed by atoms with E-state index in [1.165, 1.54) is 5.56 Å². The van der Waals surface area contributed by atoms with Crippen LogP contribution in [0, 0.1) is 19.9 Å². The fraction of sp³-hybridized carbons (Fsp3) is 0.250. The maximum Gasteiger partial charge on any atom is 2.00 e. The molecular weight excluding hydrogens is 404 g/mol. The number of benzene rings is 1. The van der Waals surface area contributed by atoms with Gasteiger partial charge in [0.2, 0.25) is 0 Å². The molecule has 1 N–H and O–H groups in total. The van der Waals surface area contributed by atoms with E-state index in [4.69, 9.17) is 0 Å². The van der Waals surface area contributed by atoms with E-state index in [9.17, 15) is 0 Å². The van der Waals surface area contributed by atoms with Gasteiger partial charge in [-0.3, -0.25) is 0 Å². The Kier molecular flexibility index (Phi) is 4.81. The molecule has 0 bridgehead atoms. The first kappa shape index (κ1) is 15.8. The summed E-state index contributed by atoms with van der Waals surface area (Å²) in [6.07, 6.45) is 0. The average Bonchev–Trinajstić information content (AvgIpc) is 2.29. The van der Waals surface area contributed by atoms with Crippen LogP contribution in [0.5, 0.6) is 0 Å². The van der Waals surface area contributed by atoms with E-state index < -0.39 is 0 Å². The van der Waals surface area contributed by atoms with E-state index in [0.717, 1.165) is 34.0 Å². The molecule has 1 aliphatic rings. The minimum atomic E-state index is 0. The van der Waals surface area contributed by atoms with Crippen LogP contribution in [0.4, 0.5) is 5.69 Å². The van der Waals surface area contributed by atoms with Crippen LogP contribution in [-0.2, 0) is 21.1 Å². The molecule has 1 heterocycles. The second-order valence-corrected chi connectivity index (χ2v) is 4.79. The van der Waals surface area contributed by atoms with Gasteiger partial charge in [0.1, 0.15) is 0 Å². The summed E-state index contributed by atoms with van der Waals surface area (Å²) < 4.78 is 0. The van der Waals surface area contributed by atoms with Crippen LogP contribution in [0.1, 0.15) is 25.0 Å². The molecule has 0 saturated heterocycles. The van der Waals surface area contributed by atoms with E-state index in [2.05, 4.69) is 44.5 Å². The molecule has 19 heavy (non-hydrogen) atoms. The van der Waals surface area contributed by atoms with Crippen molar-refractivity contribution in [2.24, 2.45) is 0 Å². The third-order valence-electron chi connectivity index (χ3n) is 3.38. The molecule has 1 aromatic carbocycles. The van der Waals surface area contributed by atoms with E-state index in [1.54, 1.807) is 0 Å². The molecule has 1 aliphatic heterocycles. The fourth-order valence-electron chi connectivity index (χ4n) is 2.18. The Morgan fingerprint density at radius 3 is 2.37 bits per heavy atom. The minimum Gasteiger partial charge on any atom is -0.352 e. The fourth-order valence-corrected chi connectivity index (χ4v) is 2.18. The summed E-state index contributed by atoms with van der Waals surface area (Å²) in [4.78, 5) is 2.05. The van der Waals surface area contributed by atoms with Gasteiger partial charge in [-0.1, -0.05) is 32.7 Å². The van der Waals surface area contributed by atoms with Crippen LogP contribution in [0.25, 0.3) is 0 Å². The molecule has 0 atom stereocenters. The summed E-state index contributed by atoms with van der Waals surface area (Å²) in [5, 5.41) is 3.29. The molecule has 2 rings (SSSR count). The second-order valence-electron chi connectivity index (χ2n) is 4.79. The smallest absolute Gasteiger partial charge is 0.352 e. The number of hydrogen-bond acceptors (Lipinski definition) is 2. The van der Waals surface area contributed by atoms with Crippen molar-refractivity contribution in [3.8, 4) is 0 Å². The molecule has 2 nitrogen and oxygen atoms in total. The number of anilines is 1. The van der Waals surface area contributed by atoms with Crippen LogP contribution in [0.3, 0.4) is 0 Å². The Bertz CT molecular complexity index is 570. The SMILES string of the molecule is C=C1NC(C)=C(C)C(=C)N1c1c[c-]c(C)cc1C.[W+2]. The zero-order valence-electron chi connectivity index (χ0n) is 11.9. The molecule has 0 fully saturated rings. The largest absolute Gasteiger partial charge is 2.00 e. The van der Waals surface area contributed by atoms with Gasteiger partial charge in [0, 0.05) is 11.4 Å². The maximum absolute atomic E-state index is 4.17. The van der Waals surface area contributed by atoms with Crippen LogP contribution in [-0.4, -0.2) is 0 Å². The predicted molar refractivity (Wildman–Crippen MR) is 77.0 cm³/mol. The van der Waals surface area contributed by atoms with E-state index >= 15 is 0 Å². The first-order valence-corrected chi connectivity index (χ1v) is 6.03. The Morgan fingerprint density at radius 1 is 1.16 bits per heavy atom. The monoisotopic (exact) mass is 423 g/mol. The van der Waals surface area contributed by atoms with Gasteiger partial charge in [0.15, 0.2) is 0 Å². The third kappa shape index (κ3) is 2.84. The normalized spacial score (nSPS) is 15.3. The Balaban J connectivity index is 0.00000180. The molecule has 0 radical (unpaired) electrons. The zero-order chi connectivity index (χ0) is 13.4. The summed E-state index contributed by atoms with van der Waals surface area (Å²) in [5.41, 5.74) is 6.65. The van der Waals surface area contributed by atoms with Gasteiger partial charge in [-0.15, -0.1) is 5.56 Å². The van der Waals surface area contributed by atoms with Crippen molar-refractivity contribution in [3.05, 3.63) is 65.3 Å². The molecule has 3 heteroatoms. The van der Waals surface area contributed by atoms with Crippen molar-refractivity contribution in [2.45, 2.75) is 27.7 Å². The molecule has 0 saturated carbocycles. The average molecular weight is 423 g/mol. The van der Waals surface area contributed by atoms with Crippen molar-refractivity contribution < 1.29 is 21.1 Å².